The summed E-state index contributed by atoms with van der Waals surface area (Å²) in [6.45, 7) is 1.67. The zero-order chi connectivity index (χ0) is 21.9. The van der Waals surface area contributed by atoms with Gasteiger partial charge in [-0.1, -0.05) is 0 Å². The van der Waals surface area contributed by atoms with Crippen molar-refractivity contribution in [2.75, 3.05) is 37.6 Å². The van der Waals surface area contributed by atoms with Crippen molar-refractivity contribution in [1.29, 1.82) is 0 Å². The topological polar surface area (TPSA) is 95.8 Å². The molecule has 8 nitrogen and oxygen atoms in total. The number of alkyl halides is 3. The molecule has 0 spiro atoms. The Kier molecular flexibility index (Phi) is 6.47. The molecular formula is C19H23F3N4O4. The van der Waals surface area contributed by atoms with Crippen molar-refractivity contribution >= 4 is 23.2 Å². The molecule has 0 atom stereocenters. The Morgan fingerprint density at radius 3 is 2.40 bits per heavy atom. The average Bonchev–Trinajstić information content (AvgIpc) is 3.55. The van der Waals surface area contributed by atoms with Crippen LogP contribution in [0.3, 0.4) is 0 Å². The number of amides is 2. The summed E-state index contributed by atoms with van der Waals surface area (Å²) in [5.74, 6) is 0.0921. The van der Waals surface area contributed by atoms with Crippen molar-refractivity contribution in [2.24, 2.45) is 5.92 Å². The van der Waals surface area contributed by atoms with Gasteiger partial charge in [-0.15, -0.1) is 0 Å². The molecular weight excluding hydrogens is 405 g/mol. The standard InChI is InChI=1S/C19H23F3N4O4/c20-19(21,22)14-5-6-15(16(12-14)26(29)30)24-8-10-25(11-9-24)17(27)2-1-7-23-18(28)13-3-4-13/h5-6,12-13H,1-4,7-11H2,(H,23,28). The molecule has 1 aromatic carbocycles. The van der Waals surface area contributed by atoms with Gasteiger partial charge in [0, 0.05) is 51.1 Å². The highest BCUT2D eigenvalue weighted by atomic mass is 19.4. The van der Waals surface area contributed by atoms with Crippen LogP contribution >= 0.6 is 0 Å². The van der Waals surface area contributed by atoms with Crippen molar-refractivity contribution < 1.29 is 27.7 Å². The summed E-state index contributed by atoms with van der Waals surface area (Å²) in [5, 5.41) is 14.1. The zero-order valence-electron chi connectivity index (χ0n) is 16.3. The largest absolute Gasteiger partial charge is 0.416 e. The molecule has 3 rings (SSSR count). The number of piperazine rings is 1. The van der Waals surface area contributed by atoms with Gasteiger partial charge in [0.2, 0.25) is 11.8 Å². The van der Waals surface area contributed by atoms with Gasteiger partial charge in [-0.3, -0.25) is 19.7 Å². The predicted octanol–water partition coefficient (Wildman–Crippen LogP) is 2.57. The Bertz CT molecular complexity index is 818. The smallest absolute Gasteiger partial charge is 0.362 e. The van der Waals surface area contributed by atoms with E-state index in [9.17, 15) is 32.9 Å². The zero-order valence-corrected chi connectivity index (χ0v) is 16.3. The summed E-state index contributed by atoms with van der Waals surface area (Å²) in [7, 11) is 0. The van der Waals surface area contributed by atoms with Gasteiger partial charge < -0.3 is 15.1 Å². The molecule has 0 radical (unpaired) electrons. The number of nitrogens with zero attached hydrogens (tertiary/aromatic N) is 3. The number of halogens is 3. The Morgan fingerprint density at radius 2 is 1.83 bits per heavy atom. The van der Waals surface area contributed by atoms with E-state index in [0.29, 0.717) is 32.1 Å². The highest BCUT2D eigenvalue weighted by Gasteiger charge is 2.34. The summed E-state index contributed by atoms with van der Waals surface area (Å²) in [6, 6.07) is 2.49. The van der Waals surface area contributed by atoms with Gasteiger partial charge in [-0.25, -0.2) is 0 Å². The van der Waals surface area contributed by atoms with Gasteiger partial charge in [0.15, 0.2) is 0 Å². The summed E-state index contributed by atoms with van der Waals surface area (Å²) in [6.07, 6.45) is -2.00. The second-order valence-electron chi connectivity index (χ2n) is 7.50. The third-order valence-electron chi connectivity index (χ3n) is 5.29. The number of carbonyl (C=O) groups is 2. The lowest BCUT2D eigenvalue weighted by Crippen LogP contribution is -2.49. The maximum absolute atomic E-state index is 12.9. The van der Waals surface area contributed by atoms with Crippen LogP contribution in [0.15, 0.2) is 18.2 Å². The normalized spacial score (nSPS) is 17.0. The minimum atomic E-state index is -4.66. The van der Waals surface area contributed by atoms with E-state index < -0.39 is 22.4 Å². The lowest BCUT2D eigenvalue weighted by Gasteiger charge is -2.36. The quantitative estimate of drug-likeness (QED) is 0.409. The van der Waals surface area contributed by atoms with E-state index >= 15 is 0 Å². The molecule has 1 saturated carbocycles. The first-order valence-corrected chi connectivity index (χ1v) is 9.83. The molecule has 1 aliphatic carbocycles. The van der Waals surface area contributed by atoms with Gasteiger partial charge in [0.1, 0.15) is 5.69 Å². The highest BCUT2D eigenvalue weighted by Crippen LogP contribution is 2.36. The van der Waals surface area contributed by atoms with E-state index in [0.717, 1.165) is 25.0 Å². The first-order valence-electron chi connectivity index (χ1n) is 9.83. The molecule has 1 aromatic rings. The van der Waals surface area contributed by atoms with Crippen LogP contribution in [0.25, 0.3) is 0 Å². The highest BCUT2D eigenvalue weighted by molar-refractivity contribution is 5.81. The molecule has 1 heterocycles. The molecule has 164 valence electrons. The van der Waals surface area contributed by atoms with Gasteiger partial charge >= 0.3 is 6.18 Å². The summed E-state index contributed by atoms with van der Waals surface area (Å²) >= 11 is 0. The number of rotatable bonds is 7. The minimum absolute atomic E-state index is 0.0363. The first-order chi connectivity index (χ1) is 14.2. The van der Waals surface area contributed by atoms with E-state index in [1.807, 2.05) is 0 Å². The summed E-state index contributed by atoms with van der Waals surface area (Å²) < 4.78 is 38.6. The lowest BCUT2D eigenvalue weighted by molar-refractivity contribution is -0.384. The molecule has 1 saturated heterocycles. The van der Waals surface area contributed by atoms with Crippen LogP contribution < -0.4 is 10.2 Å². The van der Waals surface area contributed by atoms with E-state index in [1.165, 1.54) is 0 Å². The van der Waals surface area contributed by atoms with E-state index in [4.69, 9.17) is 0 Å². The van der Waals surface area contributed by atoms with E-state index in [1.54, 1.807) is 9.80 Å². The van der Waals surface area contributed by atoms with E-state index in [-0.39, 0.29) is 42.9 Å². The molecule has 2 fully saturated rings. The molecule has 1 aliphatic heterocycles. The molecule has 2 amide bonds. The van der Waals surface area contributed by atoms with Crippen LogP contribution in [0.2, 0.25) is 0 Å². The molecule has 2 aliphatic rings. The first kappa shape index (κ1) is 21.8. The van der Waals surface area contributed by atoms with Crippen molar-refractivity contribution in [3.8, 4) is 0 Å². The van der Waals surface area contributed by atoms with Gasteiger partial charge in [-0.2, -0.15) is 13.2 Å². The maximum Gasteiger partial charge on any atom is 0.416 e. The van der Waals surface area contributed by atoms with Crippen molar-refractivity contribution in [2.45, 2.75) is 31.9 Å². The monoisotopic (exact) mass is 428 g/mol. The van der Waals surface area contributed by atoms with Crippen molar-refractivity contribution in [3.63, 3.8) is 0 Å². The fourth-order valence-electron chi connectivity index (χ4n) is 3.41. The van der Waals surface area contributed by atoms with Crippen LogP contribution in [-0.4, -0.2) is 54.4 Å². The Labute approximate surface area is 171 Å². The second kappa shape index (κ2) is 8.88. The molecule has 30 heavy (non-hydrogen) atoms. The lowest BCUT2D eigenvalue weighted by atomic mass is 10.1. The van der Waals surface area contributed by atoms with E-state index in [2.05, 4.69) is 5.32 Å². The molecule has 11 heteroatoms. The maximum atomic E-state index is 12.9. The predicted molar refractivity (Wildman–Crippen MR) is 102 cm³/mol. The molecule has 1 N–H and O–H groups in total. The van der Waals surface area contributed by atoms with Crippen LogP contribution in [0, 0.1) is 16.0 Å². The number of hydrogen-bond acceptors (Lipinski definition) is 5. The number of nitro groups is 1. The van der Waals surface area contributed by atoms with Crippen molar-refractivity contribution in [3.05, 3.63) is 33.9 Å². The Hall–Kier alpha value is -2.85. The second-order valence-corrected chi connectivity index (χ2v) is 7.50. The Balaban J connectivity index is 1.51. The summed E-state index contributed by atoms with van der Waals surface area (Å²) in [5.41, 5.74) is -1.56. The fraction of sp³-hybridized carbons (Fsp3) is 0.579. The van der Waals surface area contributed by atoms with Gasteiger partial charge in [0.05, 0.1) is 10.5 Å². The van der Waals surface area contributed by atoms with Crippen molar-refractivity contribution in [1.82, 2.24) is 10.2 Å². The third kappa shape index (κ3) is 5.39. The van der Waals surface area contributed by atoms with Gasteiger partial charge in [0.25, 0.3) is 5.69 Å². The number of nitrogens with one attached hydrogen (secondary N) is 1. The van der Waals surface area contributed by atoms with Crippen LogP contribution in [0.5, 0.6) is 0 Å². The number of anilines is 1. The van der Waals surface area contributed by atoms with Crippen LogP contribution in [-0.2, 0) is 15.8 Å². The SMILES string of the molecule is O=C(NCCCC(=O)N1CCN(c2ccc(C(F)(F)F)cc2[N+](=O)[O-])CC1)C1CC1. The number of benzene rings is 1. The molecule has 0 bridgehead atoms. The minimum Gasteiger partial charge on any atom is -0.362 e. The average molecular weight is 428 g/mol. The molecule has 0 unspecified atom stereocenters. The number of carbonyl (C=O) groups excluding carboxylic acids is 2. The van der Waals surface area contributed by atoms with Crippen LogP contribution in [0.1, 0.15) is 31.2 Å². The fourth-order valence-corrected chi connectivity index (χ4v) is 3.41. The number of hydrogen-bond donors (Lipinski definition) is 1. The summed E-state index contributed by atoms with van der Waals surface area (Å²) in [4.78, 5) is 37.6. The molecule has 0 aromatic heterocycles. The Morgan fingerprint density at radius 1 is 1.17 bits per heavy atom. The van der Waals surface area contributed by atoms with Crippen LogP contribution in [0.4, 0.5) is 24.5 Å². The third-order valence-corrected chi connectivity index (χ3v) is 5.29. The number of nitro benzene ring substituents is 1. The van der Waals surface area contributed by atoms with Gasteiger partial charge in [-0.05, 0) is 31.4 Å².